The van der Waals surface area contributed by atoms with E-state index in [1.54, 1.807) is 24.3 Å². The Balaban J connectivity index is 2.46. The lowest BCUT2D eigenvalue weighted by Gasteiger charge is -2.25. The fraction of sp³-hybridized carbons (Fsp3) is 0.267. The summed E-state index contributed by atoms with van der Waals surface area (Å²) in [5.41, 5.74) is -1.41. The van der Waals surface area contributed by atoms with Crippen molar-refractivity contribution < 1.29 is 19.4 Å². The van der Waals surface area contributed by atoms with Crippen LogP contribution in [0.3, 0.4) is 0 Å². The Morgan fingerprint density at radius 2 is 2.05 bits per heavy atom. The number of methoxy groups -OCH3 is 1. The first-order valence-electron chi connectivity index (χ1n) is 6.54. The van der Waals surface area contributed by atoms with Crippen LogP contribution in [0.2, 0.25) is 0 Å². The van der Waals surface area contributed by atoms with Crippen molar-refractivity contribution in [2.24, 2.45) is 0 Å². The number of benzene rings is 1. The molecule has 7 heteroatoms. The predicted molar refractivity (Wildman–Crippen MR) is 80.0 cm³/mol. The lowest BCUT2D eigenvalue weighted by atomic mass is 10.0. The van der Waals surface area contributed by atoms with Crippen LogP contribution in [-0.2, 0) is 9.53 Å². The van der Waals surface area contributed by atoms with Gasteiger partial charge in [0.05, 0.1) is 12.2 Å². The highest BCUT2D eigenvalue weighted by Crippen LogP contribution is 2.16. The molecule has 1 amide bonds. The molecule has 0 radical (unpaired) electrons. The summed E-state index contributed by atoms with van der Waals surface area (Å²) in [6.45, 7) is 1.14. The van der Waals surface area contributed by atoms with Gasteiger partial charge >= 0.3 is 5.97 Å². The van der Waals surface area contributed by atoms with Crippen LogP contribution in [-0.4, -0.2) is 41.2 Å². The van der Waals surface area contributed by atoms with Gasteiger partial charge in [-0.2, -0.15) is 0 Å². The van der Waals surface area contributed by atoms with E-state index >= 15 is 0 Å². The molecular weight excluding hydrogens is 288 g/mol. The molecule has 22 heavy (non-hydrogen) atoms. The summed E-state index contributed by atoms with van der Waals surface area (Å²) >= 11 is 0. The zero-order valence-electron chi connectivity index (χ0n) is 12.2. The quantitative estimate of drug-likeness (QED) is 0.755. The van der Waals surface area contributed by atoms with Gasteiger partial charge in [0.1, 0.15) is 0 Å². The van der Waals surface area contributed by atoms with Crippen LogP contribution in [0.1, 0.15) is 17.3 Å². The first-order valence-corrected chi connectivity index (χ1v) is 6.54. The van der Waals surface area contributed by atoms with Gasteiger partial charge in [-0.15, -0.1) is 0 Å². The number of H-pyrrole nitrogens is 1. The highest BCUT2D eigenvalue weighted by Gasteiger charge is 2.35. The van der Waals surface area contributed by atoms with Crippen molar-refractivity contribution in [1.82, 2.24) is 10.3 Å². The number of pyridine rings is 1. The largest absolute Gasteiger partial charge is 0.479 e. The van der Waals surface area contributed by atoms with Gasteiger partial charge in [-0.25, -0.2) is 4.79 Å². The number of aromatic amines is 1. The number of nitrogens with one attached hydrogen (secondary N) is 2. The van der Waals surface area contributed by atoms with Crippen LogP contribution < -0.4 is 10.9 Å². The lowest BCUT2D eigenvalue weighted by Crippen LogP contribution is -2.55. The third-order valence-corrected chi connectivity index (χ3v) is 3.29. The maximum absolute atomic E-state index is 12.4. The molecule has 0 aliphatic carbocycles. The van der Waals surface area contributed by atoms with E-state index in [-0.39, 0.29) is 12.2 Å². The maximum Gasteiger partial charge on any atom is 0.331 e. The molecule has 0 aliphatic heterocycles. The number of hydrogen-bond donors (Lipinski definition) is 3. The summed E-state index contributed by atoms with van der Waals surface area (Å²) in [7, 11) is 1.34. The van der Waals surface area contributed by atoms with Crippen molar-refractivity contribution >= 4 is 22.8 Å². The van der Waals surface area contributed by atoms with Gasteiger partial charge in [0, 0.05) is 24.1 Å². The molecule has 0 aliphatic rings. The average molecular weight is 304 g/mol. The summed E-state index contributed by atoms with van der Waals surface area (Å²) in [4.78, 5) is 38.0. The van der Waals surface area contributed by atoms with Crippen molar-refractivity contribution in [2.75, 3.05) is 13.7 Å². The van der Waals surface area contributed by atoms with Gasteiger partial charge in [0.25, 0.3) is 5.91 Å². The maximum atomic E-state index is 12.4. The number of carboxylic acid groups (broad SMARTS) is 1. The van der Waals surface area contributed by atoms with E-state index < -0.39 is 23.0 Å². The normalized spacial score (nSPS) is 13.5. The number of carbonyl (C=O) groups excluding carboxylic acids is 1. The Hall–Kier alpha value is -2.67. The Bertz CT molecular complexity index is 783. The van der Waals surface area contributed by atoms with Gasteiger partial charge in [-0.3, -0.25) is 9.59 Å². The minimum atomic E-state index is -1.59. The molecule has 7 nitrogen and oxygen atoms in total. The number of para-hydroxylation sites is 1. The van der Waals surface area contributed by atoms with E-state index in [0.717, 1.165) is 6.07 Å². The summed E-state index contributed by atoms with van der Waals surface area (Å²) in [6.07, 6.45) is 0. The molecule has 0 spiro atoms. The third-order valence-electron chi connectivity index (χ3n) is 3.29. The molecule has 1 unspecified atom stereocenters. The van der Waals surface area contributed by atoms with Crippen LogP contribution in [0.5, 0.6) is 0 Å². The van der Waals surface area contributed by atoms with Crippen LogP contribution in [0.25, 0.3) is 10.9 Å². The number of ether oxygens (including phenoxy) is 1. The molecule has 0 saturated carbocycles. The number of rotatable bonds is 5. The zero-order valence-corrected chi connectivity index (χ0v) is 12.2. The molecule has 0 saturated heterocycles. The van der Waals surface area contributed by atoms with E-state index in [9.17, 15) is 19.5 Å². The second-order valence-electron chi connectivity index (χ2n) is 5.12. The van der Waals surface area contributed by atoms with Crippen molar-refractivity contribution in [3.05, 3.63) is 46.2 Å². The van der Waals surface area contributed by atoms with E-state index in [1.165, 1.54) is 14.0 Å². The second-order valence-corrected chi connectivity index (χ2v) is 5.12. The summed E-state index contributed by atoms with van der Waals surface area (Å²) < 4.78 is 4.85. The van der Waals surface area contributed by atoms with Crippen LogP contribution >= 0.6 is 0 Å². The number of amides is 1. The van der Waals surface area contributed by atoms with Crippen molar-refractivity contribution in [3.63, 3.8) is 0 Å². The second kappa shape index (κ2) is 5.98. The fourth-order valence-electron chi connectivity index (χ4n) is 2.15. The highest BCUT2D eigenvalue weighted by atomic mass is 16.5. The van der Waals surface area contributed by atoms with E-state index in [4.69, 9.17) is 4.74 Å². The molecular formula is C15H16N2O5. The first kappa shape index (κ1) is 15.7. The molecule has 1 atom stereocenters. The van der Waals surface area contributed by atoms with Gasteiger partial charge in [0.2, 0.25) is 5.56 Å². The minimum absolute atomic E-state index is 0.114. The lowest BCUT2D eigenvalue weighted by molar-refractivity contribution is -0.145. The third kappa shape index (κ3) is 2.99. The monoisotopic (exact) mass is 304 g/mol. The number of fused-ring (bicyclic) bond motifs is 1. The summed E-state index contributed by atoms with van der Waals surface area (Å²) in [5, 5.41) is 12.2. The number of carboxylic acids is 1. The summed E-state index contributed by atoms with van der Waals surface area (Å²) in [5.74, 6) is -1.87. The predicted octanol–water partition coefficient (Wildman–Crippen LogP) is 0.748. The van der Waals surface area contributed by atoms with Gasteiger partial charge < -0.3 is 20.1 Å². The van der Waals surface area contributed by atoms with Gasteiger partial charge in [-0.1, -0.05) is 18.2 Å². The smallest absolute Gasteiger partial charge is 0.331 e. The Kier molecular flexibility index (Phi) is 4.27. The van der Waals surface area contributed by atoms with Crippen LogP contribution in [0.4, 0.5) is 0 Å². The molecule has 0 bridgehead atoms. The van der Waals surface area contributed by atoms with E-state index in [1.807, 2.05) is 0 Å². The number of carbonyl (C=O) groups is 2. The minimum Gasteiger partial charge on any atom is -0.479 e. The van der Waals surface area contributed by atoms with Crippen LogP contribution in [0, 0.1) is 0 Å². The van der Waals surface area contributed by atoms with Crippen molar-refractivity contribution in [3.8, 4) is 0 Å². The van der Waals surface area contributed by atoms with Crippen LogP contribution in [0.15, 0.2) is 35.1 Å². The Morgan fingerprint density at radius 1 is 1.36 bits per heavy atom. The molecule has 3 N–H and O–H groups in total. The molecule has 2 rings (SSSR count). The summed E-state index contributed by atoms with van der Waals surface area (Å²) in [6, 6.07) is 7.94. The fourth-order valence-corrected chi connectivity index (χ4v) is 2.15. The van der Waals surface area contributed by atoms with E-state index in [2.05, 4.69) is 10.3 Å². The average Bonchev–Trinajstić information content (AvgIpc) is 2.46. The molecule has 1 aromatic heterocycles. The number of hydrogen-bond acceptors (Lipinski definition) is 4. The molecule has 2 aromatic rings. The number of aromatic nitrogens is 1. The van der Waals surface area contributed by atoms with Gasteiger partial charge in [-0.05, 0) is 13.0 Å². The molecule has 1 heterocycles. The molecule has 116 valence electrons. The standard InChI is InChI=1S/C15H16N2O5/c1-15(8-22-2,14(20)21)17-13(19)10-7-12(18)16-11-6-4-3-5-9(10)11/h3-7H,8H2,1-2H3,(H,16,18)(H,17,19)(H,20,21). The molecule has 1 aromatic carbocycles. The number of aliphatic carboxylic acids is 1. The zero-order chi connectivity index (χ0) is 16.3. The van der Waals surface area contributed by atoms with Gasteiger partial charge in [0.15, 0.2) is 5.54 Å². The van der Waals surface area contributed by atoms with E-state index in [0.29, 0.717) is 10.9 Å². The highest BCUT2D eigenvalue weighted by molar-refractivity contribution is 6.07. The van der Waals surface area contributed by atoms with Crippen molar-refractivity contribution in [2.45, 2.75) is 12.5 Å². The Morgan fingerprint density at radius 3 is 2.68 bits per heavy atom. The first-order chi connectivity index (χ1) is 10.4. The van der Waals surface area contributed by atoms with Crippen molar-refractivity contribution in [1.29, 1.82) is 0 Å². The Labute approximate surface area is 125 Å². The topological polar surface area (TPSA) is 108 Å². The SMILES string of the molecule is COCC(C)(NC(=O)c1cc(=O)[nH]c2ccccc12)C(=O)O. The molecule has 0 fully saturated rings.